The maximum Gasteiger partial charge on any atom is 0.186 e. The van der Waals surface area contributed by atoms with Gasteiger partial charge in [0.05, 0.1) is 19.8 Å². The van der Waals surface area contributed by atoms with E-state index in [1.807, 2.05) is 13.0 Å². The maximum absolute atomic E-state index is 10.1. The number of nitrogens with zero attached hydrogens (tertiary/aromatic N) is 1. The Morgan fingerprint density at radius 2 is 2.11 bits per heavy atom. The second-order valence-corrected chi connectivity index (χ2v) is 6.37. The van der Waals surface area contributed by atoms with Crippen LogP contribution in [-0.4, -0.2) is 75.9 Å². The minimum atomic E-state index is -1.36. The summed E-state index contributed by atoms with van der Waals surface area (Å²) in [5.74, 6) is 0. The second kappa shape index (κ2) is 11.9. The van der Waals surface area contributed by atoms with Crippen LogP contribution in [0.2, 0.25) is 0 Å². The first-order valence-corrected chi connectivity index (χ1v) is 9.00. The van der Waals surface area contributed by atoms with Gasteiger partial charge >= 0.3 is 0 Å². The first kappa shape index (κ1) is 22.5. The monoisotopic (exact) mass is 400 g/mol. The molecule has 1 saturated heterocycles. The van der Waals surface area contributed by atoms with Crippen LogP contribution in [0.25, 0.3) is 0 Å². The number of aryl methyl sites for hydroxylation is 1. The Balaban J connectivity index is 1.65. The molecule has 0 spiro atoms. The maximum atomic E-state index is 10.1. The Kier molecular flexibility index (Phi) is 9.58. The van der Waals surface area contributed by atoms with Crippen molar-refractivity contribution >= 4 is 0 Å². The zero-order valence-corrected chi connectivity index (χ0v) is 15.7. The number of pyridine rings is 1. The van der Waals surface area contributed by atoms with Crippen LogP contribution in [0.4, 0.5) is 0 Å². The van der Waals surface area contributed by atoms with Crippen molar-refractivity contribution in [3.63, 3.8) is 0 Å². The largest absolute Gasteiger partial charge is 0.512 e. The molecule has 0 aliphatic carbocycles. The van der Waals surface area contributed by atoms with Gasteiger partial charge in [-0.2, -0.15) is 0 Å². The number of hydroxylamine groups is 1. The predicted octanol–water partition coefficient (Wildman–Crippen LogP) is -0.329. The number of nitrogens with one attached hydrogen (secondary N) is 1. The zero-order chi connectivity index (χ0) is 20.4. The van der Waals surface area contributed by atoms with Gasteiger partial charge in [-0.3, -0.25) is 9.82 Å². The van der Waals surface area contributed by atoms with Crippen LogP contribution in [-0.2, 0) is 25.7 Å². The molecule has 10 heteroatoms. The molecule has 1 aliphatic heterocycles. The molecular weight excluding hydrogens is 372 g/mol. The summed E-state index contributed by atoms with van der Waals surface area (Å²) >= 11 is 0. The Hall–Kier alpha value is -1.79. The molecule has 1 aliphatic rings. The molecule has 0 amide bonds. The lowest BCUT2D eigenvalue weighted by Gasteiger charge is -2.41. The highest BCUT2D eigenvalue weighted by Gasteiger charge is 2.45. The summed E-state index contributed by atoms with van der Waals surface area (Å²) in [7, 11) is 0. The molecule has 1 aromatic rings. The topological polar surface area (TPSA) is 143 Å². The minimum Gasteiger partial charge on any atom is -0.512 e. The van der Waals surface area contributed by atoms with Crippen molar-refractivity contribution < 1.29 is 39.5 Å². The van der Waals surface area contributed by atoms with E-state index in [1.54, 1.807) is 12.4 Å². The van der Waals surface area contributed by atoms with Gasteiger partial charge in [0.15, 0.2) is 12.4 Å². The third-order valence-corrected chi connectivity index (χ3v) is 4.10. The van der Waals surface area contributed by atoms with E-state index >= 15 is 0 Å². The molecule has 1 aromatic heterocycles. The second-order valence-electron chi connectivity index (χ2n) is 6.37. The summed E-state index contributed by atoms with van der Waals surface area (Å²) in [5.41, 5.74) is 4.83. The highest BCUT2D eigenvalue weighted by atomic mass is 16.7. The number of aliphatic hydroxyl groups is 4. The fourth-order valence-corrected chi connectivity index (χ4v) is 2.73. The van der Waals surface area contributed by atoms with Crippen LogP contribution in [0.3, 0.4) is 0 Å². The molecule has 158 valence electrons. The molecule has 2 unspecified atom stereocenters. The molecule has 0 saturated carbocycles. The molecule has 2 heterocycles. The number of rotatable bonds is 11. The van der Waals surface area contributed by atoms with Crippen molar-refractivity contribution in [2.45, 2.75) is 50.7 Å². The Morgan fingerprint density at radius 3 is 2.82 bits per heavy atom. The van der Waals surface area contributed by atoms with E-state index in [4.69, 9.17) is 24.2 Å². The summed E-state index contributed by atoms with van der Waals surface area (Å²) < 4.78 is 16.0. The van der Waals surface area contributed by atoms with Crippen LogP contribution in [0.15, 0.2) is 31.0 Å². The van der Waals surface area contributed by atoms with Gasteiger partial charge < -0.3 is 34.6 Å². The lowest BCUT2D eigenvalue weighted by atomic mass is 9.99. The summed E-state index contributed by atoms with van der Waals surface area (Å²) in [6.07, 6.45) is -0.127. The van der Waals surface area contributed by atoms with E-state index in [1.165, 1.54) is 0 Å². The van der Waals surface area contributed by atoms with Gasteiger partial charge in [-0.15, -0.1) is 0 Å². The van der Waals surface area contributed by atoms with Gasteiger partial charge in [-0.05, 0) is 24.5 Å². The van der Waals surface area contributed by atoms with Gasteiger partial charge in [0.2, 0.25) is 0 Å². The van der Waals surface area contributed by atoms with Crippen molar-refractivity contribution in [2.24, 2.45) is 0 Å². The van der Waals surface area contributed by atoms with E-state index in [0.29, 0.717) is 25.8 Å². The molecule has 28 heavy (non-hydrogen) atoms. The summed E-state index contributed by atoms with van der Waals surface area (Å²) in [6.45, 7) is 2.63. The van der Waals surface area contributed by atoms with Gasteiger partial charge in [-0.25, -0.2) is 5.48 Å². The highest BCUT2D eigenvalue weighted by Crippen LogP contribution is 2.24. The van der Waals surface area contributed by atoms with Gasteiger partial charge in [0.25, 0.3) is 0 Å². The van der Waals surface area contributed by atoms with Gasteiger partial charge in [-0.1, -0.05) is 6.07 Å². The number of hydrogen-bond donors (Lipinski definition) is 5. The van der Waals surface area contributed by atoms with Crippen LogP contribution in [0, 0.1) is 6.92 Å². The van der Waals surface area contributed by atoms with Crippen LogP contribution >= 0.6 is 0 Å². The molecule has 10 nitrogen and oxygen atoms in total. The predicted molar refractivity (Wildman–Crippen MR) is 96.7 cm³/mol. The van der Waals surface area contributed by atoms with Crippen LogP contribution in [0.1, 0.15) is 17.5 Å². The minimum absolute atomic E-state index is 0.233. The number of aliphatic hydroxyl groups excluding tert-OH is 4. The Labute approximate surface area is 163 Å². The molecule has 0 radical (unpaired) electrons. The van der Waals surface area contributed by atoms with Crippen molar-refractivity contribution in [3.8, 4) is 0 Å². The fourth-order valence-electron chi connectivity index (χ4n) is 2.73. The highest BCUT2D eigenvalue weighted by molar-refractivity contribution is 5.15. The number of hydrogen-bond acceptors (Lipinski definition) is 10. The third-order valence-electron chi connectivity index (χ3n) is 4.10. The fraction of sp³-hybridized carbons (Fsp3) is 0.611. The van der Waals surface area contributed by atoms with Gasteiger partial charge in [0.1, 0.15) is 30.8 Å². The van der Waals surface area contributed by atoms with E-state index in [0.717, 1.165) is 17.4 Å². The van der Waals surface area contributed by atoms with Crippen molar-refractivity contribution in [1.82, 2.24) is 10.5 Å². The zero-order valence-electron chi connectivity index (χ0n) is 15.7. The lowest BCUT2D eigenvalue weighted by molar-refractivity contribution is -0.301. The van der Waals surface area contributed by atoms with Crippen molar-refractivity contribution in [1.29, 1.82) is 0 Å². The Morgan fingerprint density at radius 1 is 1.29 bits per heavy atom. The number of aromatic nitrogens is 1. The Bertz CT molecular complexity index is 601. The van der Waals surface area contributed by atoms with Crippen LogP contribution in [0.5, 0.6) is 0 Å². The summed E-state index contributed by atoms with van der Waals surface area (Å²) in [5, 5.41) is 38.3. The first-order valence-electron chi connectivity index (χ1n) is 9.00. The smallest absolute Gasteiger partial charge is 0.186 e. The van der Waals surface area contributed by atoms with Crippen molar-refractivity contribution in [3.05, 3.63) is 42.1 Å². The van der Waals surface area contributed by atoms with Crippen LogP contribution < -0.4 is 5.48 Å². The molecule has 2 rings (SSSR count). The molecule has 5 atom stereocenters. The third kappa shape index (κ3) is 6.67. The quantitative estimate of drug-likeness (QED) is 0.190. The lowest BCUT2D eigenvalue weighted by Crippen LogP contribution is -2.59. The van der Waals surface area contributed by atoms with E-state index in [2.05, 4.69) is 10.5 Å². The first-order chi connectivity index (χ1) is 13.6. The normalized spacial score (nSPS) is 27.9. The average molecular weight is 400 g/mol. The van der Waals surface area contributed by atoms with Crippen molar-refractivity contribution in [2.75, 3.05) is 19.8 Å². The molecule has 0 aromatic carbocycles. The van der Waals surface area contributed by atoms with E-state index < -0.39 is 37.3 Å². The SMILES string of the molecule is Cc1cncc(CONCCCO[C@H]2OC(CO)[C@@H](O/C=C/O)[C@@H](O)C2O)c1. The molecule has 0 bridgehead atoms. The number of ether oxygens (including phenoxy) is 3. The van der Waals surface area contributed by atoms with Gasteiger partial charge in [0, 0.05) is 18.9 Å². The summed E-state index contributed by atoms with van der Waals surface area (Å²) in [6, 6.07) is 1.98. The molecular formula is C18H28N2O8. The summed E-state index contributed by atoms with van der Waals surface area (Å²) in [4.78, 5) is 9.43. The average Bonchev–Trinajstić information content (AvgIpc) is 2.69. The van der Waals surface area contributed by atoms with E-state index in [-0.39, 0.29) is 6.61 Å². The molecule has 1 fully saturated rings. The van der Waals surface area contributed by atoms with E-state index in [9.17, 15) is 15.3 Å². The standard InChI is InChI=1S/C18H28N2O8/c1-12-7-13(9-19-8-12)11-27-20-3-2-5-26-18-16(24)15(23)17(25-6-4-21)14(10-22)28-18/h4,6-9,14-18,20-24H,2-3,5,10-11H2,1H3/b6-4+/t14?,15-,16?,17+,18-/m0/s1. The molecule has 5 N–H and O–H groups in total.